The summed E-state index contributed by atoms with van der Waals surface area (Å²) in [6.07, 6.45) is -1.35. The standard InChI is InChI=1S/C11H21ClN2O4Si/c1-7(9(15)13(3)4)17-11(19-12)18-8(2)10(16)14(5)6/h7-8,11H,1-6H3. The van der Waals surface area contributed by atoms with Crippen molar-refractivity contribution in [3.8, 4) is 0 Å². The molecule has 0 saturated carbocycles. The van der Waals surface area contributed by atoms with Crippen molar-refractivity contribution in [3.05, 3.63) is 0 Å². The van der Waals surface area contributed by atoms with Crippen molar-refractivity contribution in [1.29, 1.82) is 0 Å². The van der Waals surface area contributed by atoms with Gasteiger partial charge in [-0.05, 0) is 13.8 Å². The van der Waals surface area contributed by atoms with Gasteiger partial charge < -0.3 is 19.3 Å². The van der Waals surface area contributed by atoms with Gasteiger partial charge in [-0.1, -0.05) is 0 Å². The number of ether oxygens (including phenoxy) is 2. The normalized spacial score (nSPS) is 15.5. The van der Waals surface area contributed by atoms with E-state index in [4.69, 9.17) is 20.6 Å². The van der Waals surface area contributed by atoms with Crippen LogP contribution in [0, 0.1) is 0 Å². The maximum absolute atomic E-state index is 11.7. The molecule has 0 N–H and O–H groups in total. The Morgan fingerprint density at radius 3 is 1.47 bits per heavy atom. The van der Waals surface area contributed by atoms with Crippen LogP contribution < -0.4 is 0 Å². The van der Waals surface area contributed by atoms with Crippen LogP contribution in [0.15, 0.2) is 0 Å². The first-order chi connectivity index (χ1) is 8.70. The van der Waals surface area contributed by atoms with Crippen LogP contribution in [0.25, 0.3) is 0 Å². The van der Waals surface area contributed by atoms with Gasteiger partial charge in [-0.3, -0.25) is 9.59 Å². The van der Waals surface area contributed by atoms with Crippen molar-refractivity contribution in [2.45, 2.75) is 32.0 Å². The van der Waals surface area contributed by atoms with Gasteiger partial charge in [0, 0.05) is 28.2 Å². The van der Waals surface area contributed by atoms with E-state index in [9.17, 15) is 9.59 Å². The first kappa shape index (κ1) is 18.4. The summed E-state index contributed by atoms with van der Waals surface area (Å²) in [4.78, 5) is 26.2. The summed E-state index contributed by atoms with van der Waals surface area (Å²) < 4.78 is 10.8. The van der Waals surface area contributed by atoms with Gasteiger partial charge in [0.2, 0.25) is 8.83 Å². The predicted octanol–water partition coefficient (Wildman–Crippen LogP) is 0.115. The monoisotopic (exact) mass is 308 g/mol. The molecule has 0 aliphatic rings. The summed E-state index contributed by atoms with van der Waals surface area (Å²) in [6.45, 7) is 3.24. The van der Waals surface area contributed by atoms with E-state index in [1.165, 1.54) is 9.80 Å². The third-order valence-corrected chi connectivity index (χ3v) is 3.31. The summed E-state index contributed by atoms with van der Waals surface area (Å²) >= 11 is 5.75. The number of halogens is 1. The first-order valence-corrected chi connectivity index (χ1v) is 7.89. The number of amides is 2. The molecule has 0 fully saturated rings. The van der Waals surface area contributed by atoms with Gasteiger partial charge in [0.1, 0.15) is 12.2 Å². The van der Waals surface area contributed by atoms with E-state index < -0.39 is 18.1 Å². The molecule has 2 amide bonds. The van der Waals surface area contributed by atoms with Crippen LogP contribution in [0.5, 0.6) is 0 Å². The third-order valence-electron chi connectivity index (χ3n) is 2.32. The molecule has 0 aromatic heterocycles. The average molecular weight is 309 g/mol. The molecule has 19 heavy (non-hydrogen) atoms. The predicted molar refractivity (Wildman–Crippen MR) is 73.9 cm³/mol. The number of carbonyl (C=O) groups is 2. The van der Waals surface area contributed by atoms with Gasteiger partial charge in [0.05, 0.1) is 0 Å². The van der Waals surface area contributed by atoms with Gasteiger partial charge in [-0.15, -0.1) is 0 Å². The third kappa shape index (κ3) is 6.37. The van der Waals surface area contributed by atoms with Crippen LogP contribution in [0.1, 0.15) is 13.8 Å². The Kier molecular flexibility index (Phi) is 8.24. The van der Waals surface area contributed by atoms with E-state index in [0.29, 0.717) is 0 Å². The van der Waals surface area contributed by atoms with Gasteiger partial charge in [0.25, 0.3) is 11.8 Å². The highest BCUT2D eigenvalue weighted by molar-refractivity contribution is 6.94. The molecule has 0 rings (SSSR count). The highest BCUT2D eigenvalue weighted by atomic mass is 35.6. The molecule has 0 spiro atoms. The number of carbonyl (C=O) groups excluding carboxylic acids is 2. The maximum atomic E-state index is 11.7. The van der Waals surface area contributed by atoms with Crippen LogP contribution in [-0.4, -0.2) is 76.8 Å². The van der Waals surface area contributed by atoms with Crippen molar-refractivity contribution in [3.63, 3.8) is 0 Å². The van der Waals surface area contributed by atoms with Crippen molar-refractivity contribution < 1.29 is 19.1 Å². The Labute approximate surface area is 121 Å². The summed E-state index contributed by atoms with van der Waals surface area (Å²) in [6, 6.07) is 0. The van der Waals surface area contributed by atoms with E-state index in [2.05, 4.69) is 0 Å². The lowest BCUT2D eigenvalue weighted by atomic mass is 10.3. The van der Waals surface area contributed by atoms with Crippen molar-refractivity contribution in [1.82, 2.24) is 9.80 Å². The van der Waals surface area contributed by atoms with Crippen molar-refractivity contribution >= 4 is 31.7 Å². The van der Waals surface area contributed by atoms with Crippen molar-refractivity contribution in [2.75, 3.05) is 28.2 Å². The molecule has 2 atom stereocenters. The highest BCUT2D eigenvalue weighted by Gasteiger charge is 2.25. The Morgan fingerprint density at radius 2 is 1.26 bits per heavy atom. The maximum Gasteiger partial charge on any atom is 0.251 e. The Morgan fingerprint density at radius 1 is 0.947 bits per heavy atom. The zero-order valence-electron chi connectivity index (χ0n) is 12.1. The molecule has 2 radical (unpaired) electrons. The van der Waals surface area contributed by atoms with E-state index in [-0.39, 0.29) is 20.6 Å². The molecule has 0 aliphatic heterocycles. The smallest absolute Gasteiger partial charge is 0.251 e. The number of hydrogen-bond donors (Lipinski definition) is 0. The highest BCUT2D eigenvalue weighted by Crippen LogP contribution is 2.07. The zero-order valence-corrected chi connectivity index (χ0v) is 13.9. The molecular formula is C11H21ClN2O4Si. The second-order valence-corrected chi connectivity index (χ2v) is 5.81. The van der Waals surface area contributed by atoms with Crippen LogP contribution in [0.4, 0.5) is 0 Å². The fourth-order valence-electron chi connectivity index (χ4n) is 1.30. The molecule has 6 nitrogen and oxygen atoms in total. The lowest BCUT2D eigenvalue weighted by Gasteiger charge is -2.25. The quantitative estimate of drug-likeness (QED) is 0.381. The van der Waals surface area contributed by atoms with Crippen LogP contribution in [-0.2, 0) is 19.1 Å². The lowest BCUT2D eigenvalue weighted by Crippen LogP contribution is -2.41. The number of hydrogen-bond acceptors (Lipinski definition) is 4. The number of likely N-dealkylation sites (N-methyl/N-ethyl adjacent to an activating group) is 2. The lowest BCUT2D eigenvalue weighted by molar-refractivity contribution is -0.174. The van der Waals surface area contributed by atoms with E-state index in [1.807, 2.05) is 0 Å². The second-order valence-electron chi connectivity index (χ2n) is 4.46. The summed E-state index contributed by atoms with van der Waals surface area (Å²) in [5, 5.41) is 0. The molecule has 8 heteroatoms. The Balaban J connectivity index is 4.44. The number of rotatable bonds is 7. The summed E-state index contributed by atoms with van der Waals surface area (Å²) in [5.41, 5.74) is 0. The van der Waals surface area contributed by atoms with E-state index >= 15 is 0 Å². The van der Waals surface area contributed by atoms with Crippen LogP contribution in [0.3, 0.4) is 0 Å². The molecule has 110 valence electrons. The molecule has 0 bridgehead atoms. The first-order valence-electron chi connectivity index (χ1n) is 5.80. The minimum absolute atomic E-state index is 0.185. The minimum Gasteiger partial charge on any atom is -0.347 e. The molecule has 0 aromatic carbocycles. The molecule has 0 saturated heterocycles. The van der Waals surface area contributed by atoms with E-state index in [1.54, 1.807) is 42.0 Å². The average Bonchev–Trinajstić information content (AvgIpc) is 2.35. The van der Waals surface area contributed by atoms with Gasteiger partial charge in [-0.25, -0.2) is 0 Å². The zero-order chi connectivity index (χ0) is 15.2. The van der Waals surface area contributed by atoms with Crippen LogP contribution in [0.2, 0.25) is 0 Å². The Hall–Kier alpha value is -0.633. The fourth-order valence-corrected chi connectivity index (χ4v) is 2.12. The topological polar surface area (TPSA) is 59.1 Å². The summed E-state index contributed by atoms with van der Waals surface area (Å²) in [5.74, 6) is -1.15. The summed E-state index contributed by atoms with van der Waals surface area (Å²) in [7, 11) is 6.35. The van der Waals surface area contributed by atoms with Gasteiger partial charge >= 0.3 is 0 Å². The fraction of sp³-hybridized carbons (Fsp3) is 0.818. The largest absolute Gasteiger partial charge is 0.347 e. The van der Waals surface area contributed by atoms with Crippen LogP contribution >= 0.6 is 11.1 Å². The second kappa shape index (κ2) is 8.52. The Bertz CT molecular complexity index is 287. The molecule has 0 aliphatic carbocycles. The van der Waals surface area contributed by atoms with Gasteiger partial charge in [0.15, 0.2) is 5.91 Å². The molecule has 0 aromatic rings. The van der Waals surface area contributed by atoms with Crippen molar-refractivity contribution in [2.24, 2.45) is 0 Å². The van der Waals surface area contributed by atoms with Gasteiger partial charge in [-0.2, -0.15) is 11.1 Å². The number of nitrogens with zero attached hydrogens (tertiary/aromatic N) is 2. The van der Waals surface area contributed by atoms with E-state index in [0.717, 1.165) is 0 Å². The minimum atomic E-state index is -0.778. The molecule has 0 heterocycles. The molecular weight excluding hydrogens is 288 g/mol. The molecule has 2 unspecified atom stereocenters. The SMILES string of the molecule is CC(OC(OC(C)C(=O)N(C)C)[Si]Cl)C(=O)N(C)C.